The van der Waals surface area contributed by atoms with Crippen LogP contribution in [0.1, 0.15) is 43.5 Å². The zero-order valence-corrected chi connectivity index (χ0v) is 19.4. The number of nitrogens with zero attached hydrogens (tertiary/aromatic N) is 1. The Hall–Kier alpha value is -2.59. The number of halogens is 3. The van der Waals surface area contributed by atoms with Crippen molar-refractivity contribution in [1.82, 2.24) is 5.32 Å². The Labute approximate surface area is 187 Å². The van der Waals surface area contributed by atoms with Gasteiger partial charge in [0.15, 0.2) is 17.5 Å². The van der Waals surface area contributed by atoms with Gasteiger partial charge in [-0.2, -0.15) is 17.5 Å². The van der Waals surface area contributed by atoms with Crippen LogP contribution >= 0.6 is 0 Å². The van der Waals surface area contributed by atoms with Crippen LogP contribution in [0.5, 0.6) is 5.75 Å². The van der Waals surface area contributed by atoms with E-state index in [2.05, 4.69) is 13.9 Å². The van der Waals surface area contributed by atoms with E-state index >= 15 is 0 Å². The van der Waals surface area contributed by atoms with E-state index in [9.17, 15) is 22.2 Å². The Balaban J connectivity index is 1.96. The van der Waals surface area contributed by atoms with Crippen LogP contribution in [-0.4, -0.2) is 30.0 Å². The van der Waals surface area contributed by atoms with Gasteiger partial charge in [0.2, 0.25) is 0 Å². The van der Waals surface area contributed by atoms with Crippen LogP contribution in [0.2, 0.25) is 0 Å². The van der Waals surface area contributed by atoms with Crippen LogP contribution in [0, 0.1) is 6.92 Å². The van der Waals surface area contributed by atoms with Gasteiger partial charge in [-0.15, -0.1) is 0 Å². The highest BCUT2D eigenvalue weighted by Gasteiger charge is 2.48. The number of benzene rings is 2. The molecule has 6 nitrogen and oxygen atoms in total. The Morgan fingerprint density at radius 2 is 1.78 bits per heavy atom. The third kappa shape index (κ3) is 6.46. The first kappa shape index (κ1) is 25.7. The second-order valence-electron chi connectivity index (χ2n) is 7.79. The lowest BCUT2D eigenvalue weighted by Gasteiger charge is -2.28. The molecule has 0 saturated heterocycles. The van der Waals surface area contributed by atoms with Crippen molar-refractivity contribution in [3.05, 3.63) is 59.2 Å². The molecule has 0 bridgehead atoms. The molecule has 0 heterocycles. The van der Waals surface area contributed by atoms with Gasteiger partial charge in [0.05, 0.1) is 24.3 Å². The third-order valence-corrected chi connectivity index (χ3v) is 5.79. The smallest absolute Gasteiger partial charge is 0.397 e. The summed E-state index contributed by atoms with van der Waals surface area (Å²) in [5.74, 6) is -0.0883. The summed E-state index contributed by atoms with van der Waals surface area (Å²) in [6.07, 6.45) is -4.38. The first-order chi connectivity index (χ1) is 14.8. The van der Waals surface area contributed by atoms with E-state index in [-0.39, 0.29) is 24.1 Å². The summed E-state index contributed by atoms with van der Waals surface area (Å²) >= 11 is 0. The van der Waals surface area contributed by atoms with E-state index < -0.39 is 22.5 Å². The molecule has 2 rings (SSSR count). The van der Waals surface area contributed by atoms with Crippen LogP contribution in [0.3, 0.4) is 0 Å². The zero-order valence-electron chi connectivity index (χ0n) is 18.5. The number of thiol groups is 1. The predicted octanol–water partition coefficient (Wildman–Crippen LogP) is 4.95. The number of rotatable bonds is 8. The first-order valence-electron chi connectivity index (χ1n) is 9.78. The average molecular weight is 473 g/mol. The fourth-order valence-corrected chi connectivity index (χ4v) is 3.32. The summed E-state index contributed by atoms with van der Waals surface area (Å²) in [6.45, 7) is 5.54. The summed E-state index contributed by atoms with van der Waals surface area (Å²) in [6, 6.07) is 10.5. The van der Waals surface area contributed by atoms with E-state index in [0.29, 0.717) is 11.4 Å². The van der Waals surface area contributed by atoms with Crippen molar-refractivity contribution in [2.75, 3.05) is 13.7 Å². The van der Waals surface area contributed by atoms with Crippen molar-refractivity contribution in [2.45, 2.75) is 45.3 Å². The number of hydrogen-bond acceptors (Lipinski definition) is 5. The van der Waals surface area contributed by atoms with Crippen molar-refractivity contribution in [1.29, 1.82) is 0 Å². The van der Waals surface area contributed by atoms with Crippen molar-refractivity contribution >= 4 is 22.5 Å². The summed E-state index contributed by atoms with van der Waals surface area (Å²) in [7, 11) is -0.810. The lowest BCUT2D eigenvalue weighted by Crippen LogP contribution is -2.36. The van der Waals surface area contributed by atoms with Crippen LogP contribution in [0.4, 0.5) is 18.9 Å². The van der Waals surface area contributed by atoms with Gasteiger partial charge in [-0.3, -0.25) is 8.98 Å². The minimum absolute atomic E-state index is 0.107. The summed E-state index contributed by atoms with van der Waals surface area (Å²) in [5, 5.41) is 2.79. The highest BCUT2D eigenvalue weighted by molar-refractivity contribution is 7.69. The Morgan fingerprint density at radius 1 is 1.16 bits per heavy atom. The molecule has 0 aliphatic heterocycles. The number of alkyl halides is 3. The molecule has 0 spiro atoms. The molecule has 1 unspecified atom stereocenters. The SMILES string of the molecule is CO[SH](=O)=Nc1ccc([C@@H](C)NC(=O)COc2ccc(C(C)(C)C(F)(F)F)cc2)cc1C. The number of nitrogens with one attached hydrogen (secondary N) is 1. The quantitative estimate of drug-likeness (QED) is 0.533. The fraction of sp³-hybridized carbons (Fsp3) is 0.409. The van der Waals surface area contributed by atoms with Crippen LogP contribution in [0.25, 0.3) is 0 Å². The number of ether oxygens (including phenoxy) is 1. The molecule has 1 N–H and O–H groups in total. The van der Waals surface area contributed by atoms with Gasteiger partial charge in [0, 0.05) is 0 Å². The van der Waals surface area contributed by atoms with Crippen molar-refractivity contribution < 1.29 is 31.1 Å². The Morgan fingerprint density at radius 3 is 2.31 bits per heavy atom. The zero-order chi connectivity index (χ0) is 24.1. The fourth-order valence-electron chi connectivity index (χ4n) is 2.84. The second kappa shape index (κ2) is 10.4. The molecule has 0 aliphatic carbocycles. The monoisotopic (exact) mass is 472 g/mol. The normalized spacial score (nSPS) is 14.1. The predicted molar refractivity (Wildman–Crippen MR) is 117 cm³/mol. The average Bonchev–Trinajstić information content (AvgIpc) is 2.73. The van der Waals surface area contributed by atoms with Gasteiger partial charge in [0.25, 0.3) is 5.91 Å². The summed E-state index contributed by atoms with van der Waals surface area (Å²) in [4.78, 5) is 12.2. The molecule has 0 fully saturated rings. The van der Waals surface area contributed by atoms with Crippen LogP contribution in [-0.2, 0) is 25.3 Å². The van der Waals surface area contributed by atoms with Crippen LogP contribution in [0.15, 0.2) is 46.8 Å². The minimum atomic E-state index is -4.38. The minimum Gasteiger partial charge on any atom is -0.484 e. The summed E-state index contributed by atoms with van der Waals surface area (Å²) < 4.78 is 64.9. The molecular formula is C22H27F3N2O4S. The van der Waals surface area contributed by atoms with E-state index in [1.54, 1.807) is 19.1 Å². The Kier molecular flexibility index (Phi) is 8.30. The number of aryl methyl sites for hydroxylation is 1. The topological polar surface area (TPSA) is 77.0 Å². The molecule has 10 heteroatoms. The first-order valence-corrected chi connectivity index (χ1v) is 10.9. The highest BCUT2D eigenvalue weighted by Crippen LogP contribution is 2.40. The van der Waals surface area contributed by atoms with Crippen LogP contribution < -0.4 is 10.1 Å². The molecule has 2 atom stereocenters. The third-order valence-electron chi connectivity index (χ3n) is 5.10. The summed E-state index contributed by atoms with van der Waals surface area (Å²) in [5.41, 5.74) is 0.258. The van der Waals surface area contributed by atoms with E-state index in [1.807, 2.05) is 13.0 Å². The largest absolute Gasteiger partial charge is 0.484 e. The maximum absolute atomic E-state index is 13.1. The molecule has 2 aromatic rings. The van der Waals surface area contributed by atoms with Gasteiger partial charge in [-0.1, -0.05) is 24.3 Å². The van der Waals surface area contributed by atoms with Gasteiger partial charge >= 0.3 is 6.18 Å². The molecule has 176 valence electrons. The molecule has 1 amide bonds. The second-order valence-corrected chi connectivity index (χ2v) is 8.83. The van der Waals surface area contributed by atoms with Crippen molar-refractivity contribution in [3.63, 3.8) is 0 Å². The van der Waals surface area contributed by atoms with Gasteiger partial charge in [0.1, 0.15) is 5.75 Å². The lowest BCUT2D eigenvalue weighted by molar-refractivity contribution is -0.180. The molecule has 32 heavy (non-hydrogen) atoms. The molecule has 2 aromatic carbocycles. The van der Waals surface area contributed by atoms with Gasteiger partial charge in [-0.05, 0) is 62.6 Å². The molecule has 0 aromatic heterocycles. The van der Waals surface area contributed by atoms with E-state index in [0.717, 1.165) is 25.0 Å². The number of hydrogen-bond donors (Lipinski definition) is 2. The number of carbonyl (C=O) groups excluding carboxylic acids is 1. The Bertz CT molecular complexity index is 1030. The molecule has 0 aliphatic rings. The maximum Gasteiger partial charge on any atom is 0.397 e. The van der Waals surface area contributed by atoms with E-state index in [1.165, 1.54) is 31.4 Å². The number of amides is 1. The van der Waals surface area contributed by atoms with Gasteiger partial charge < -0.3 is 10.1 Å². The lowest BCUT2D eigenvalue weighted by atomic mass is 9.84. The standard InChI is InChI=1S/C22H27F3N2O4S/c1-14-12-16(6-11-19(14)27-32(29)30-5)15(2)26-20(28)13-31-18-9-7-17(8-10-18)21(3,4)22(23,24)25/h6-12,15,32H,13H2,1-5H3,(H,26,28)/t15-/m1/s1. The highest BCUT2D eigenvalue weighted by atomic mass is 32.2. The van der Waals surface area contributed by atoms with Gasteiger partial charge in [-0.25, -0.2) is 4.21 Å². The maximum atomic E-state index is 13.1. The van der Waals surface area contributed by atoms with Crippen molar-refractivity contribution in [2.24, 2.45) is 4.36 Å². The molecule has 0 saturated carbocycles. The molecular weight excluding hydrogens is 445 g/mol. The van der Waals surface area contributed by atoms with Crippen molar-refractivity contribution in [3.8, 4) is 5.75 Å². The molecule has 0 radical (unpaired) electrons. The van der Waals surface area contributed by atoms with E-state index in [4.69, 9.17) is 4.74 Å². The number of carbonyl (C=O) groups is 1.